The van der Waals surface area contributed by atoms with Crippen molar-refractivity contribution in [3.05, 3.63) is 34.8 Å². The van der Waals surface area contributed by atoms with Crippen molar-refractivity contribution in [1.29, 1.82) is 0 Å². The lowest BCUT2D eigenvalue weighted by molar-refractivity contribution is 0.102. The number of carbonyl (C=O) groups excluding carboxylic acids is 1. The van der Waals surface area contributed by atoms with Crippen molar-refractivity contribution in [3.8, 4) is 11.5 Å². The molecular weight excluding hydrogens is 324 g/mol. The van der Waals surface area contributed by atoms with Gasteiger partial charge in [0.25, 0.3) is 5.91 Å². The number of carbonyl (C=O) groups is 1. The largest absolute Gasteiger partial charge is 0.493 e. The minimum Gasteiger partial charge on any atom is -0.493 e. The zero-order chi connectivity index (χ0) is 17.4. The van der Waals surface area contributed by atoms with Crippen LogP contribution in [0.1, 0.15) is 48.7 Å². The van der Waals surface area contributed by atoms with Crippen LogP contribution in [0.4, 0.5) is 5.13 Å². The van der Waals surface area contributed by atoms with Crippen LogP contribution in [-0.2, 0) is 0 Å². The molecule has 0 saturated carbocycles. The van der Waals surface area contributed by atoms with E-state index in [-0.39, 0.29) is 5.91 Å². The van der Waals surface area contributed by atoms with E-state index in [4.69, 9.17) is 9.47 Å². The molecule has 2 rings (SSSR count). The molecule has 0 aliphatic heterocycles. The summed E-state index contributed by atoms with van der Waals surface area (Å²) < 4.78 is 11.1. The number of hydrogen-bond donors (Lipinski definition) is 1. The maximum atomic E-state index is 12.3. The molecule has 0 saturated heterocycles. The number of hydrogen-bond acceptors (Lipinski definition) is 5. The summed E-state index contributed by atoms with van der Waals surface area (Å²) in [5, 5.41) is 5.27. The van der Waals surface area contributed by atoms with Gasteiger partial charge in [-0.1, -0.05) is 26.2 Å². The summed E-state index contributed by atoms with van der Waals surface area (Å²) in [4.78, 5) is 16.5. The highest BCUT2D eigenvalue weighted by Gasteiger charge is 2.12. The number of amides is 1. The van der Waals surface area contributed by atoms with Crippen LogP contribution in [-0.4, -0.2) is 24.6 Å². The predicted octanol–water partition coefficient (Wildman–Crippen LogP) is 4.67. The van der Waals surface area contributed by atoms with E-state index in [1.165, 1.54) is 24.2 Å². The summed E-state index contributed by atoms with van der Waals surface area (Å²) in [6.45, 7) is 4.73. The Hall–Kier alpha value is -2.08. The highest BCUT2D eigenvalue weighted by Crippen LogP contribution is 2.29. The Labute approximate surface area is 147 Å². The molecule has 0 fully saturated rings. The third-order valence-electron chi connectivity index (χ3n) is 3.52. The maximum Gasteiger partial charge on any atom is 0.257 e. The minimum atomic E-state index is -0.211. The molecule has 0 bridgehead atoms. The van der Waals surface area contributed by atoms with Crippen LogP contribution in [0.25, 0.3) is 0 Å². The maximum absolute atomic E-state index is 12.3. The predicted molar refractivity (Wildman–Crippen MR) is 97.4 cm³/mol. The van der Waals surface area contributed by atoms with Crippen LogP contribution >= 0.6 is 11.3 Å². The summed E-state index contributed by atoms with van der Waals surface area (Å²) in [7, 11) is 1.57. The minimum absolute atomic E-state index is 0.211. The van der Waals surface area contributed by atoms with Crippen LogP contribution in [0.15, 0.2) is 23.6 Å². The number of ether oxygens (including phenoxy) is 2. The Balaban J connectivity index is 1.98. The third kappa shape index (κ3) is 5.23. The molecule has 0 spiro atoms. The molecule has 1 aromatic carbocycles. The fourth-order valence-corrected chi connectivity index (χ4v) is 2.90. The molecule has 2 aromatic rings. The van der Waals surface area contributed by atoms with Crippen LogP contribution in [0.5, 0.6) is 11.5 Å². The molecule has 1 N–H and O–H groups in total. The number of nitrogens with zero attached hydrogens (tertiary/aromatic N) is 1. The van der Waals surface area contributed by atoms with Gasteiger partial charge in [-0.3, -0.25) is 10.1 Å². The molecule has 0 aliphatic carbocycles. The van der Waals surface area contributed by atoms with Gasteiger partial charge in [0.05, 0.1) is 19.4 Å². The molecule has 0 atom stereocenters. The van der Waals surface area contributed by atoms with Crippen molar-refractivity contribution < 1.29 is 14.3 Å². The first-order valence-electron chi connectivity index (χ1n) is 8.18. The second kappa shape index (κ2) is 9.27. The molecule has 1 aromatic heterocycles. The summed E-state index contributed by atoms with van der Waals surface area (Å²) in [5.41, 5.74) is 1.40. The number of aromatic nitrogens is 1. The first-order chi connectivity index (χ1) is 11.6. The van der Waals surface area contributed by atoms with Crippen LogP contribution in [0.3, 0.4) is 0 Å². The van der Waals surface area contributed by atoms with Crippen LogP contribution in [0.2, 0.25) is 0 Å². The lowest BCUT2D eigenvalue weighted by atomic mass is 10.2. The van der Waals surface area contributed by atoms with E-state index in [0.717, 1.165) is 18.5 Å². The molecule has 24 heavy (non-hydrogen) atoms. The Morgan fingerprint density at radius 2 is 2.08 bits per heavy atom. The smallest absolute Gasteiger partial charge is 0.257 e. The number of thiazole rings is 1. The normalized spacial score (nSPS) is 10.5. The van der Waals surface area contributed by atoms with Gasteiger partial charge in [0, 0.05) is 10.9 Å². The Morgan fingerprint density at radius 1 is 1.25 bits per heavy atom. The van der Waals surface area contributed by atoms with Gasteiger partial charge in [-0.2, -0.15) is 0 Å². The molecule has 6 heteroatoms. The number of aryl methyl sites for hydroxylation is 1. The Bertz CT molecular complexity index is 670. The first-order valence-corrected chi connectivity index (χ1v) is 9.06. The fourth-order valence-electron chi connectivity index (χ4n) is 2.22. The number of anilines is 1. The average molecular weight is 348 g/mol. The quantitative estimate of drug-likeness (QED) is 0.669. The molecule has 130 valence electrons. The van der Waals surface area contributed by atoms with Crippen molar-refractivity contribution in [2.75, 3.05) is 19.0 Å². The van der Waals surface area contributed by atoms with E-state index in [9.17, 15) is 4.79 Å². The summed E-state index contributed by atoms with van der Waals surface area (Å²) in [6.07, 6.45) is 4.59. The van der Waals surface area contributed by atoms with Crippen LogP contribution in [0, 0.1) is 6.92 Å². The van der Waals surface area contributed by atoms with Gasteiger partial charge in [-0.25, -0.2) is 4.98 Å². The van der Waals surface area contributed by atoms with E-state index < -0.39 is 0 Å². The lowest BCUT2D eigenvalue weighted by Gasteiger charge is -2.12. The topological polar surface area (TPSA) is 60.5 Å². The van der Waals surface area contributed by atoms with E-state index in [2.05, 4.69) is 17.2 Å². The summed E-state index contributed by atoms with van der Waals surface area (Å²) in [6, 6.07) is 5.21. The number of methoxy groups -OCH3 is 1. The zero-order valence-electron chi connectivity index (χ0n) is 14.4. The number of benzene rings is 1. The zero-order valence-corrected chi connectivity index (χ0v) is 15.2. The summed E-state index contributed by atoms with van der Waals surface area (Å²) >= 11 is 1.40. The SMILES string of the molecule is CCCCCCOc1ccc(C(=O)Nc2nc(C)cs2)cc1OC. The molecule has 0 radical (unpaired) electrons. The van der Waals surface area contributed by atoms with Gasteiger partial charge < -0.3 is 9.47 Å². The third-order valence-corrected chi connectivity index (χ3v) is 4.40. The van der Waals surface area contributed by atoms with E-state index in [1.54, 1.807) is 25.3 Å². The van der Waals surface area contributed by atoms with Gasteiger partial charge in [0.2, 0.25) is 0 Å². The highest BCUT2D eigenvalue weighted by molar-refractivity contribution is 7.13. The van der Waals surface area contributed by atoms with Crippen molar-refractivity contribution in [3.63, 3.8) is 0 Å². The van der Waals surface area contributed by atoms with E-state index in [0.29, 0.717) is 28.8 Å². The Kier molecular flexibility index (Phi) is 7.06. The highest BCUT2D eigenvalue weighted by atomic mass is 32.1. The molecule has 5 nitrogen and oxygen atoms in total. The van der Waals surface area contributed by atoms with E-state index in [1.807, 2.05) is 12.3 Å². The molecule has 0 unspecified atom stereocenters. The summed E-state index contributed by atoms with van der Waals surface area (Å²) in [5.74, 6) is 1.02. The van der Waals surface area contributed by atoms with Gasteiger partial charge in [0.1, 0.15) is 0 Å². The van der Waals surface area contributed by atoms with Crippen molar-refractivity contribution in [2.45, 2.75) is 39.5 Å². The van der Waals surface area contributed by atoms with Gasteiger partial charge in [-0.05, 0) is 31.5 Å². The van der Waals surface area contributed by atoms with Crippen molar-refractivity contribution >= 4 is 22.4 Å². The van der Waals surface area contributed by atoms with Crippen molar-refractivity contribution in [1.82, 2.24) is 4.98 Å². The monoisotopic (exact) mass is 348 g/mol. The Morgan fingerprint density at radius 3 is 2.75 bits per heavy atom. The van der Waals surface area contributed by atoms with Crippen molar-refractivity contribution in [2.24, 2.45) is 0 Å². The first kappa shape index (κ1) is 18.3. The number of nitrogens with one attached hydrogen (secondary N) is 1. The van der Waals surface area contributed by atoms with Gasteiger partial charge in [0.15, 0.2) is 16.6 Å². The molecule has 1 amide bonds. The lowest BCUT2D eigenvalue weighted by Crippen LogP contribution is -2.12. The average Bonchev–Trinajstić information content (AvgIpc) is 2.99. The number of rotatable bonds is 9. The van der Waals surface area contributed by atoms with Gasteiger partial charge in [-0.15, -0.1) is 11.3 Å². The number of unbranched alkanes of at least 4 members (excludes halogenated alkanes) is 3. The fraction of sp³-hybridized carbons (Fsp3) is 0.444. The standard InChI is InChI=1S/C18H24N2O3S/c1-4-5-6-7-10-23-15-9-8-14(11-16(15)22-3)17(21)20-18-19-13(2)12-24-18/h8-9,11-12H,4-7,10H2,1-3H3,(H,19,20,21). The second-order valence-corrected chi connectivity index (χ2v) is 6.38. The molecule has 1 heterocycles. The van der Waals surface area contributed by atoms with Crippen LogP contribution < -0.4 is 14.8 Å². The van der Waals surface area contributed by atoms with E-state index >= 15 is 0 Å². The van der Waals surface area contributed by atoms with Gasteiger partial charge >= 0.3 is 0 Å². The molecule has 0 aliphatic rings. The molecular formula is C18H24N2O3S. The second-order valence-electron chi connectivity index (χ2n) is 5.52.